The van der Waals surface area contributed by atoms with Crippen molar-refractivity contribution in [3.63, 3.8) is 0 Å². The van der Waals surface area contributed by atoms with Gasteiger partial charge in [0, 0.05) is 12.0 Å². The molecule has 1 heterocycles. The standard InChI is InChI=1S/C14H13FN2O3S/c1-2-13(18)10-4-3-5-12(8-10)21(19,20)17-14-7-6-11(15)9-16-14/h3-9H,2H2,1H3,(H,16,17). The lowest BCUT2D eigenvalue weighted by atomic mass is 10.1. The third-order valence-electron chi connectivity index (χ3n) is 2.75. The maximum atomic E-state index is 12.7. The van der Waals surface area contributed by atoms with Crippen LogP contribution in [0.3, 0.4) is 0 Å². The number of anilines is 1. The first-order chi connectivity index (χ1) is 9.92. The molecular formula is C14H13FN2O3S. The highest BCUT2D eigenvalue weighted by Gasteiger charge is 2.16. The predicted molar refractivity (Wildman–Crippen MR) is 76.1 cm³/mol. The van der Waals surface area contributed by atoms with Crippen LogP contribution >= 0.6 is 0 Å². The summed E-state index contributed by atoms with van der Waals surface area (Å²) in [7, 11) is -3.88. The molecule has 0 spiro atoms. The molecule has 0 unspecified atom stereocenters. The van der Waals surface area contributed by atoms with E-state index in [9.17, 15) is 17.6 Å². The van der Waals surface area contributed by atoms with Crippen molar-refractivity contribution in [3.05, 3.63) is 54.0 Å². The van der Waals surface area contributed by atoms with E-state index < -0.39 is 15.8 Å². The zero-order chi connectivity index (χ0) is 15.5. The Morgan fingerprint density at radius 3 is 2.67 bits per heavy atom. The normalized spacial score (nSPS) is 11.1. The molecule has 1 aromatic heterocycles. The fourth-order valence-electron chi connectivity index (χ4n) is 1.67. The fourth-order valence-corrected chi connectivity index (χ4v) is 2.73. The smallest absolute Gasteiger partial charge is 0.263 e. The molecule has 1 N–H and O–H groups in total. The van der Waals surface area contributed by atoms with Gasteiger partial charge >= 0.3 is 0 Å². The second kappa shape index (κ2) is 6.01. The number of hydrogen-bond acceptors (Lipinski definition) is 4. The summed E-state index contributed by atoms with van der Waals surface area (Å²) >= 11 is 0. The molecule has 0 amide bonds. The molecule has 2 aromatic rings. The molecule has 7 heteroatoms. The molecule has 110 valence electrons. The number of sulfonamides is 1. The number of carbonyl (C=O) groups is 1. The first kappa shape index (κ1) is 15.1. The first-order valence-electron chi connectivity index (χ1n) is 6.20. The maximum absolute atomic E-state index is 12.7. The van der Waals surface area contributed by atoms with Gasteiger partial charge in [-0.05, 0) is 24.3 Å². The topological polar surface area (TPSA) is 76.1 Å². The minimum atomic E-state index is -3.88. The molecule has 2 rings (SSSR count). The minimum absolute atomic E-state index is 0.00335. The molecule has 0 fully saturated rings. The molecular weight excluding hydrogens is 295 g/mol. The van der Waals surface area contributed by atoms with Gasteiger partial charge in [0.1, 0.15) is 11.6 Å². The van der Waals surface area contributed by atoms with Gasteiger partial charge in [0.2, 0.25) is 0 Å². The summed E-state index contributed by atoms with van der Waals surface area (Å²) in [5, 5.41) is 0. The molecule has 21 heavy (non-hydrogen) atoms. The van der Waals surface area contributed by atoms with Gasteiger partial charge in [-0.3, -0.25) is 9.52 Å². The summed E-state index contributed by atoms with van der Waals surface area (Å²) in [6.45, 7) is 1.70. The van der Waals surface area contributed by atoms with Crippen LogP contribution in [0.4, 0.5) is 10.2 Å². The van der Waals surface area contributed by atoms with Gasteiger partial charge in [-0.2, -0.15) is 0 Å². The highest BCUT2D eigenvalue weighted by molar-refractivity contribution is 7.92. The van der Waals surface area contributed by atoms with Crippen LogP contribution in [-0.2, 0) is 10.0 Å². The molecule has 0 bridgehead atoms. The van der Waals surface area contributed by atoms with Crippen LogP contribution in [0.25, 0.3) is 0 Å². The number of ketones is 1. The van der Waals surface area contributed by atoms with Crippen molar-refractivity contribution in [2.45, 2.75) is 18.2 Å². The summed E-state index contributed by atoms with van der Waals surface area (Å²) < 4.78 is 39.4. The van der Waals surface area contributed by atoms with E-state index in [1.807, 2.05) is 0 Å². The lowest BCUT2D eigenvalue weighted by Crippen LogP contribution is -2.14. The minimum Gasteiger partial charge on any atom is -0.294 e. The number of pyridine rings is 1. The number of nitrogens with one attached hydrogen (secondary N) is 1. The van der Waals surface area contributed by atoms with Crippen molar-refractivity contribution in [3.8, 4) is 0 Å². The van der Waals surface area contributed by atoms with E-state index in [1.165, 1.54) is 24.3 Å². The van der Waals surface area contributed by atoms with Gasteiger partial charge in [0.15, 0.2) is 5.78 Å². The van der Waals surface area contributed by atoms with Crippen molar-refractivity contribution in [1.29, 1.82) is 0 Å². The van der Waals surface area contributed by atoms with E-state index >= 15 is 0 Å². The molecule has 0 saturated carbocycles. The van der Waals surface area contributed by atoms with E-state index in [2.05, 4.69) is 9.71 Å². The summed E-state index contributed by atoms with van der Waals surface area (Å²) in [5.74, 6) is -0.705. The largest absolute Gasteiger partial charge is 0.294 e. The Balaban J connectivity index is 2.31. The van der Waals surface area contributed by atoms with Crippen LogP contribution in [0.2, 0.25) is 0 Å². The zero-order valence-corrected chi connectivity index (χ0v) is 12.0. The average molecular weight is 308 g/mol. The molecule has 0 saturated heterocycles. The van der Waals surface area contributed by atoms with Crippen LogP contribution in [0.15, 0.2) is 47.5 Å². The van der Waals surface area contributed by atoms with Crippen LogP contribution in [0.5, 0.6) is 0 Å². The van der Waals surface area contributed by atoms with Gasteiger partial charge in [-0.25, -0.2) is 17.8 Å². The maximum Gasteiger partial charge on any atom is 0.263 e. The highest BCUT2D eigenvalue weighted by Crippen LogP contribution is 2.16. The van der Waals surface area contributed by atoms with Crippen LogP contribution in [-0.4, -0.2) is 19.2 Å². The molecule has 1 aromatic carbocycles. The van der Waals surface area contributed by atoms with E-state index in [1.54, 1.807) is 13.0 Å². The van der Waals surface area contributed by atoms with E-state index in [-0.39, 0.29) is 22.9 Å². The zero-order valence-electron chi connectivity index (χ0n) is 11.2. The van der Waals surface area contributed by atoms with Crippen LogP contribution in [0.1, 0.15) is 23.7 Å². The predicted octanol–water partition coefficient (Wildman–Crippen LogP) is 2.61. The van der Waals surface area contributed by atoms with Crippen molar-refractivity contribution in [2.75, 3.05) is 4.72 Å². The van der Waals surface area contributed by atoms with Crippen molar-refractivity contribution in [1.82, 2.24) is 4.98 Å². The van der Waals surface area contributed by atoms with Crippen molar-refractivity contribution >= 4 is 21.6 Å². The number of halogens is 1. The number of Topliss-reactive ketones (excluding diaryl/α,β-unsaturated/α-hetero) is 1. The Bertz CT molecular complexity index is 758. The lowest BCUT2D eigenvalue weighted by molar-refractivity contribution is 0.0988. The van der Waals surface area contributed by atoms with Gasteiger partial charge in [-0.15, -0.1) is 0 Å². The second-order valence-corrected chi connectivity index (χ2v) is 5.95. The third kappa shape index (κ3) is 3.63. The van der Waals surface area contributed by atoms with E-state index in [0.29, 0.717) is 5.56 Å². The van der Waals surface area contributed by atoms with Crippen molar-refractivity contribution in [2.24, 2.45) is 0 Å². The molecule has 0 aliphatic carbocycles. The Hall–Kier alpha value is -2.28. The van der Waals surface area contributed by atoms with E-state index in [4.69, 9.17) is 0 Å². The number of nitrogens with zero attached hydrogens (tertiary/aromatic N) is 1. The Kier molecular flexibility index (Phi) is 4.32. The quantitative estimate of drug-likeness (QED) is 0.861. The monoisotopic (exact) mass is 308 g/mol. The van der Waals surface area contributed by atoms with Crippen LogP contribution in [0, 0.1) is 5.82 Å². The number of benzene rings is 1. The Labute approximate surface area is 121 Å². The first-order valence-corrected chi connectivity index (χ1v) is 7.68. The number of aromatic nitrogens is 1. The molecule has 0 radical (unpaired) electrons. The van der Waals surface area contributed by atoms with Gasteiger partial charge in [0.05, 0.1) is 11.1 Å². The fraction of sp³-hybridized carbons (Fsp3) is 0.143. The summed E-state index contributed by atoms with van der Waals surface area (Å²) in [6, 6.07) is 8.04. The summed E-state index contributed by atoms with van der Waals surface area (Å²) in [6.07, 6.45) is 1.20. The van der Waals surface area contributed by atoms with E-state index in [0.717, 1.165) is 12.3 Å². The molecule has 0 atom stereocenters. The third-order valence-corrected chi connectivity index (χ3v) is 4.11. The van der Waals surface area contributed by atoms with Crippen LogP contribution < -0.4 is 4.72 Å². The Morgan fingerprint density at radius 2 is 2.05 bits per heavy atom. The number of rotatable bonds is 5. The Morgan fingerprint density at radius 1 is 1.29 bits per heavy atom. The summed E-state index contributed by atoms with van der Waals surface area (Å²) in [5.41, 5.74) is 0.326. The molecule has 0 aliphatic rings. The highest BCUT2D eigenvalue weighted by atomic mass is 32.2. The summed E-state index contributed by atoms with van der Waals surface area (Å²) in [4.78, 5) is 15.2. The van der Waals surface area contributed by atoms with Gasteiger partial charge in [-0.1, -0.05) is 19.1 Å². The number of carbonyl (C=O) groups excluding carboxylic acids is 1. The average Bonchev–Trinajstić information content (AvgIpc) is 2.49. The SMILES string of the molecule is CCC(=O)c1cccc(S(=O)(=O)Nc2ccc(F)cn2)c1. The second-order valence-electron chi connectivity index (χ2n) is 4.27. The van der Waals surface area contributed by atoms with Gasteiger partial charge < -0.3 is 0 Å². The van der Waals surface area contributed by atoms with Gasteiger partial charge in [0.25, 0.3) is 10.0 Å². The molecule has 5 nitrogen and oxygen atoms in total. The molecule has 0 aliphatic heterocycles. The van der Waals surface area contributed by atoms with Crippen molar-refractivity contribution < 1.29 is 17.6 Å². The lowest BCUT2D eigenvalue weighted by Gasteiger charge is -2.08. The number of hydrogen-bond donors (Lipinski definition) is 1.